The van der Waals surface area contributed by atoms with Crippen molar-refractivity contribution in [3.05, 3.63) is 10.3 Å². The van der Waals surface area contributed by atoms with Crippen molar-refractivity contribution in [1.82, 2.24) is 15.0 Å². The SMILES string of the molecule is Nc1ncnc2[nH]c(=S)sc12. The van der Waals surface area contributed by atoms with Crippen molar-refractivity contribution in [2.75, 3.05) is 5.73 Å². The molecule has 0 bridgehead atoms. The van der Waals surface area contributed by atoms with Crippen LogP contribution in [0.1, 0.15) is 0 Å². The summed E-state index contributed by atoms with van der Waals surface area (Å²) in [5.74, 6) is 0.479. The van der Waals surface area contributed by atoms with E-state index in [4.69, 9.17) is 18.0 Å². The van der Waals surface area contributed by atoms with E-state index < -0.39 is 0 Å². The van der Waals surface area contributed by atoms with Gasteiger partial charge in [-0.1, -0.05) is 11.3 Å². The summed E-state index contributed by atoms with van der Waals surface area (Å²) in [6, 6.07) is 0. The third-order valence-electron chi connectivity index (χ3n) is 1.25. The average molecular weight is 184 g/mol. The highest BCUT2D eigenvalue weighted by Crippen LogP contribution is 2.20. The van der Waals surface area contributed by atoms with Crippen molar-refractivity contribution >= 4 is 39.7 Å². The summed E-state index contributed by atoms with van der Waals surface area (Å²) < 4.78 is 1.50. The summed E-state index contributed by atoms with van der Waals surface area (Å²) >= 11 is 6.30. The van der Waals surface area contributed by atoms with Gasteiger partial charge in [-0.3, -0.25) is 0 Å². The van der Waals surface area contributed by atoms with E-state index in [0.29, 0.717) is 15.4 Å². The van der Waals surface area contributed by atoms with Crippen LogP contribution in [0.3, 0.4) is 0 Å². The van der Waals surface area contributed by atoms with Crippen LogP contribution < -0.4 is 5.73 Å². The van der Waals surface area contributed by atoms with Gasteiger partial charge < -0.3 is 10.7 Å². The van der Waals surface area contributed by atoms with E-state index in [1.807, 2.05) is 0 Å². The predicted molar refractivity (Wildman–Crippen MR) is 47.0 cm³/mol. The normalized spacial score (nSPS) is 10.5. The smallest absolute Gasteiger partial charge is 0.160 e. The molecule has 4 nitrogen and oxygen atoms in total. The van der Waals surface area contributed by atoms with Crippen molar-refractivity contribution in [2.24, 2.45) is 0 Å². The summed E-state index contributed by atoms with van der Waals surface area (Å²) in [5, 5.41) is 0. The largest absolute Gasteiger partial charge is 0.382 e. The second-order valence-electron chi connectivity index (χ2n) is 1.95. The average Bonchev–Trinajstić information content (AvgIpc) is 2.31. The number of H-pyrrole nitrogens is 1. The molecule has 0 amide bonds. The lowest BCUT2D eigenvalue weighted by atomic mass is 10.6. The number of aromatic nitrogens is 3. The van der Waals surface area contributed by atoms with Crippen LogP contribution in [0.2, 0.25) is 0 Å². The first kappa shape index (κ1) is 6.68. The van der Waals surface area contributed by atoms with Crippen LogP contribution in [0, 0.1) is 3.95 Å². The minimum Gasteiger partial charge on any atom is -0.382 e. The van der Waals surface area contributed by atoms with Crippen LogP contribution in [0.15, 0.2) is 6.33 Å². The molecule has 0 aliphatic rings. The van der Waals surface area contributed by atoms with Crippen molar-refractivity contribution in [2.45, 2.75) is 0 Å². The number of hydrogen-bond acceptors (Lipinski definition) is 5. The monoisotopic (exact) mass is 184 g/mol. The number of rotatable bonds is 0. The molecule has 0 saturated carbocycles. The lowest BCUT2D eigenvalue weighted by molar-refractivity contribution is 1.20. The van der Waals surface area contributed by atoms with E-state index in [9.17, 15) is 0 Å². The van der Waals surface area contributed by atoms with E-state index in [0.717, 1.165) is 4.70 Å². The first-order chi connectivity index (χ1) is 5.27. The Labute approximate surface area is 71.1 Å². The molecular weight excluding hydrogens is 180 g/mol. The molecule has 6 heteroatoms. The zero-order chi connectivity index (χ0) is 7.84. The minimum atomic E-state index is 0.479. The second kappa shape index (κ2) is 2.24. The first-order valence-electron chi connectivity index (χ1n) is 2.86. The number of fused-ring (bicyclic) bond motifs is 1. The van der Waals surface area contributed by atoms with Gasteiger partial charge in [-0.05, 0) is 12.2 Å². The van der Waals surface area contributed by atoms with E-state index in [2.05, 4.69) is 15.0 Å². The topological polar surface area (TPSA) is 67.6 Å². The zero-order valence-electron chi connectivity index (χ0n) is 5.37. The standard InChI is InChI=1S/C5H4N4S2/c6-3-2-4(8-1-7-3)9-5(10)11-2/h1H,(H3,6,7,8,9,10). The number of nitrogens with zero attached hydrogens (tertiary/aromatic N) is 2. The van der Waals surface area contributed by atoms with Gasteiger partial charge in [0.25, 0.3) is 0 Å². The van der Waals surface area contributed by atoms with Gasteiger partial charge in [-0.2, -0.15) is 0 Å². The van der Waals surface area contributed by atoms with Gasteiger partial charge in [0.2, 0.25) is 0 Å². The molecule has 2 heterocycles. The van der Waals surface area contributed by atoms with E-state index in [1.54, 1.807) is 0 Å². The molecule has 0 spiro atoms. The Morgan fingerprint density at radius 1 is 1.55 bits per heavy atom. The molecule has 0 atom stereocenters. The van der Waals surface area contributed by atoms with Gasteiger partial charge in [0.05, 0.1) is 0 Å². The molecule has 0 saturated heterocycles. The van der Waals surface area contributed by atoms with Crippen LogP contribution in [0.4, 0.5) is 5.82 Å². The third kappa shape index (κ3) is 0.997. The van der Waals surface area contributed by atoms with E-state index in [1.165, 1.54) is 17.7 Å². The van der Waals surface area contributed by atoms with Crippen molar-refractivity contribution in [3.8, 4) is 0 Å². The van der Waals surface area contributed by atoms with Crippen LogP contribution in [0.25, 0.3) is 10.3 Å². The summed E-state index contributed by atoms with van der Waals surface area (Å²) in [7, 11) is 0. The molecule has 0 unspecified atom stereocenters. The maximum atomic E-state index is 5.56. The Bertz CT molecular complexity index is 443. The number of hydrogen-bond donors (Lipinski definition) is 2. The van der Waals surface area contributed by atoms with Crippen molar-refractivity contribution in [3.63, 3.8) is 0 Å². The van der Waals surface area contributed by atoms with Crippen LogP contribution in [-0.2, 0) is 0 Å². The summed E-state index contributed by atoms with van der Waals surface area (Å²) in [4.78, 5) is 10.7. The quantitative estimate of drug-likeness (QED) is 0.606. The van der Waals surface area contributed by atoms with Crippen molar-refractivity contribution < 1.29 is 0 Å². The number of nitrogens with one attached hydrogen (secondary N) is 1. The molecule has 2 aromatic rings. The van der Waals surface area contributed by atoms with E-state index >= 15 is 0 Å². The molecule has 0 radical (unpaired) electrons. The molecule has 11 heavy (non-hydrogen) atoms. The maximum absolute atomic E-state index is 5.56. The Morgan fingerprint density at radius 3 is 3.09 bits per heavy atom. The van der Waals surface area contributed by atoms with Crippen LogP contribution in [0.5, 0.6) is 0 Å². The Morgan fingerprint density at radius 2 is 2.36 bits per heavy atom. The van der Waals surface area contributed by atoms with E-state index in [-0.39, 0.29) is 0 Å². The van der Waals surface area contributed by atoms with Gasteiger partial charge in [-0.25, -0.2) is 9.97 Å². The molecule has 2 rings (SSSR count). The third-order valence-corrected chi connectivity index (χ3v) is 2.49. The summed E-state index contributed by atoms with van der Waals surface area (Å²) in [6.07, 6.45) is 1.41. The Kier molecular flexibility index (Phi) is 1.36. The highest BCUT2D eigenvalue weighted by molar-refractivity contribution is 7.73. The number of anilines is 1. The molecule has 0 aromatic carbocycles. The maximum Gasteiger partial charge on any atom is 0.160 e. The van der Waals surface area contributed by atoms with Crippen LogP contribution >= 0.6 is 23.6 Å². The van der Waals surface area contributed by atoms with Gasteiger partial charge in [0, 0.05) is 0 Å². The zero-order valence-corrected chi connectivity index (χ0v) is 7.00. The fraction of sp³-hybridized carbons (Fsp3) is 0. The molecule has 0 fully saturated rings. The van der Waals surface area contributed by atoms with Gasteiger partial charge in [-0.15, -0.1) is 0 Å². The summed E-state index contributed by atoms with van der Waals surface area (Å²) in [6.45, 7) is 0. The Balaban J connectivity index is 3.01. The lowest BCUT2D eigenvalue weighted by Gasteiger charge is -1.89. The highest BCUT2D eigenvalue weighted by atomic mass is 32.1. The Hall–Kier alpha value is -1.01. The molecule has 56 valence electrons. The second-order valence-corrected chi connectivity index (χ2v) is 3.64. The number of thiazole rings is 1. The summed E-state index contributed by atoms with van der Waals surface area (Å²) in [5.41, 5.74) is 6.28. The van der Waals surface area contributed by atoms with Gasteiger partial charge in [0.1, 0.15) is 16.8 Å². The number of nitrogen functional groups attached to an aromatic ring is 1. The molecular formula is C5H4N4S2. The lowest BCUT2D eigenvalue weighted by Crippen LogP contribution is -1.90. The first-order valence-corrected chi connectivity index (χ1v) is 4.09. The predicted octanol–water partition coefficient (Wildman–Crippen LogP) is 1.33. The molecule has 0 aliphatic heterocycles. The number of nitrogens with two attached hydrogens (primary N) is 1. The highest BCUT2D eigenvalue weighted by Gasteiger charge is 2.01. The van der Waals surface area contributed by atoms with Gasteiger partial charge in [0.15, 0.2) is 9.60 Å². The van der Waals surface area contributed by atoms with Gasteiger partial charge >= 0.3 is 0 Å². The minimum absolute atomic E-state index is 0.479. The number of aromatic amines is 1. The molecule has 2 aromatic heterocycles. The van der Waals surface area contributed by atoms with Crippen molar-refractivity contribution in [1.29, 1.82) is 0 Å². The molecule has 3 N–H and O–H groups in total. The molecule has 0 aliphatic carbocycles. The fourth-order valence-electron chi connectivity index (χ4n) is 0.792. The van der Waals surface area contributed by atoms with Crippen LogP contribution in [-0.4, -0.2) is 15.0 Å². The fourth-order valence-corrected chi connectivity index (χ4v) is 1.83.